The number of alkyl halides is 3. The molecule has 1 radical (unpaired) electrons. The number of oxazole rings is 1. The van der Waals surface area contributed by atoms with E-state index in [4.69, 9.17) is 9.15 Å². The third-order valence-electron chi connectivity index (χ3n) is 5.27. The van der Waals surface area contributed by atoms with Gasteiger partial charge in [-0.3, -0.25) is 0 Å². The Kier molecular flexibility index (Phi) is 7.80. The number of fused-ring (bicyclic) bond motifs is 1. The SMILES string of the molecule is O=C(COc1ccc(OC(F)(F)F)cc1)[As]Cc1nc(C(=O)NC2CCCc3ccccc32)co1. The van der Waals surface area contributed by atoms with E-state index in [0.717, 1.165) is 37.0 Å². The first-order chi connectivity index (χ1) is 16.8. The summed E-state index contributed by atoms with van der Waals surface area (Å²) in [4.78, 5) is 29.0. The number of nitrogens with one attached hydrogen (secondary N) is 1. The van der Waals surface area contributed by atoms with Crippen LogP contribution in [-0.4, -0.2) is 44.2 Å². The molecule has 0 spiro atoms. The zero-order chi connectivity index (χ0) is 24.8. The molecule has 1 heterocycles. The molecule has 1 atom stereocenters. The zero-order valence-corrected chi connectivity index (χ0v) is 20.3. The van der Waals surface area contributed by atoms with Crippen LogP contribution in [0.25, 0.3) is 0 Å². The van der Waals surface area contributed by atoms with Gasteiger partial charge in [-0.15, -0.1) is 0 Å². The van der Waals surface area contributed by atoms with Crippen molar-refractivity contribution in [1.29, 1.82) is 0 Å². The Labute approximate surface area is 205 Å². The second kappa shape index (κ2) is 11.0. The van der Waals surface area contributed by atoms with E-state index in [2.05, 4.69) is 21.1 Å². The van der Waals surface area contributed by atoms with Crippen molar-refractivity contribution < 1.29 is 36.7 Å². The third-order valence-corrected chi connectivity index (χ3v) is 7.18. The van der Waals surface area contributed by atoms with Crippen LogP contribution in [0.3, 0.4) is 0 Å². The molecule has 3 aromatic rings. The van der Waals surface area contributed by atoms with Gasteiger partial charge in [0, 0.05) is 0 Å². The van der Waals surface area contributed by atoms with E-state index in [1.807, 2.05) is 18.2 Å². The average molecular weight is 549 g/mol. The van der Waals surface area contributed by atoms with E-state index in [0.29, 0.717) is 5.89 Å². The number of carbonyl (C=O) groups is 2. The van der Waals surface area contributed by atoms with Gasteiger partial charge in [-0.2, -0.15) is 0 Å². The molecule has 7 nitrogen and oxygen atoms in total. The molecule has 1 aliphatic rings. The summed E-state index contributed by atoms with van der Waals surface area (Å²) in [5.74, 6) is -0.167. The minimum atomic E-state index is -4.77. The van der Waals surface area contributed by atoms with Crippen LogP contribution in [0.4, 0.5) is 13.2 Å². The van der Waals surface area contributed by atoms with Crippen LogP contribution >= 0.6 is 0 Å². The minimum absolute atomic E-state index is 0.0771. The van der Waals surface area contributed by atoms with Gasteiger partial charge in [-0.05, 0) is 0 Å². The van der Waals surface area contributed by atoms with Crippen molar-refractivity contribution in [3.05, 3.63) is 77.5 Å². The van der Waals surface area contributed by atoms with E-state index in [1.165, 1.54) is 24.0 Å². The van der Waals surface area contributed by atoms with E-state index in [1.54, 1.807) is 0 Å². The van der Waals surface area contributed by atoms with Crippen molar-refractivity contribution in [1.82, 2.24) is 10.3 Å². The summed E-state index contributed by atoms with van der Waals surface area (Å²) in [6, 6.07) is 12.7. The molecule has 0 saturated carbocycles. The van der Waals surface area contributed by atoms with E-state index in [-0.39, 0.29) is 45.5 Å². The van der Waals surface area contributed by atoms with Crippen LogP contribution in [0.15, 0.2) is 59.2 Å². The van der Waals surface area contributed by atoms with Crippen molar-refractivity contribution in [3.8, 4) is 11.5 Å². The van der Waals surface area contributed by atoms with Gasteiger partial charge in [0.05, 0.1) is 0 Å². The molecule has 183 valence electrons. The number of hydrogen-bond donors (Lipinski definition) is 1. The number of benzene rings is 2. The summed E-state index contributed by atoms with van der Waals surface area (Å²) < 4.78 is 50.9. The summed E-state index contributed by atoms with van der Waals surface area (Å²) >= 11 is -0.864. The maximum absolute atomic E-state index is 12.6. The first-order valence-electron chi connectivity index (χ1n) is 10.8. The Morgan fingerprint density at radius 1 is 1.11 bits per heavy atom. The maximum atomic E-state index is 12.6. The number of aromatic nitrogens is 1. The van der Waals surface area contributed by atoms with E-state index in [9.17, 15) is 22.8 Å². The average Bonchev–Trinajstić information content (AvgIpc) is 3.31. The summed E-state index contributed by atoms with van der Waals surface area (Å²) in [5, 5.41) is 3.29. The molecule has 2 aromatic carbocycles. The van der Waals surface area contributed by atoms with E-state index < -0.39 is 22.1 Å². The summed E-state index contributed by atoms with van der Waals surface area (Å²) in [6.45, 7) is -0.228. The molecule has 0 aliphatic heterocycles. The Balaban J connectivity index is 1.23. The monoisotopic (exact) mass is 549 g/mol. The molecule has 1 aliphatic carbocycles. The number of carbonyl (C=O) groups excluding carboxylic acids is 2. The molecule has 1 N–H and O–H groups in total. The molecular formula is C24H21AsF3N2O5. The van der Waals surface area contributed by atoms with Crippen LogP contribution in [0, 0.1) is 0 Å². The molecule has 0 saturated heterocycles. The van der Waals surface area contributed by atoms with Crippen molar-refractivity contribution in [3.63, 3.8) is 0 Å². The second-order valence-electron chi connectivity index (χ2n) is 7.76. The Morgan fingerprint density at radius 2 is 1.86 bits per heavy atom. The van der Waals surface area contributed by atoms with Gasteiger partial charge in [0.25, 0.3) is 0 Å². The van der Waals surface area contributed by atoms with Gasteiger partial charge in [0.15, 0.2) is 0 Å². The Bertz CT molecular complexity index is 1180. The van der Waals surface area contributed by atoms with Crippen molar-refractivity contribution in [2.75, 3.05) is 6.61 Å². The predicted octanol–water partition coefficient (Wildman–Crippen LogP) is 4.19. The van der Waals surface area contributed by atoms with Crippen LogP contribution in [0.5, 0.6) is 11.5 Å². The molecular weight excluding hydrogens is 528 g/mol. The van der Waals surface area contributed by atoms with Gasteiger partial charge in [-0.25, -0.2) is 0 Å². The van der Waals surface area contributed by atoms with Gasteiger partial charge < -0.3 is 0 Å². The molecule has 4 rings (SSSR count). The number of nitrogens with zero attached hydrogens (tertiary/aromatic N) is 1. The fraction of sp³-hybridized carbons (Fsp3) is 0.292. The third kappa shape index (κ3) is 7.11. The Morgan fingerprint density at radius 3 is 2.63 bits per heavy atom. The summed E-state index contributed by atoms with van der Waals surface area (Å²) in [6.07, 6.45) is -0.651. The molecule has 1 unspecified atom stereocenters. The zero-order valence-electron chi connectivity index (χ0n) is 18.4. The molecule has 1 aromatic heterocycles. The number of amides is 1. The van der Waals surface area contributed by atoms with Crippen LogP contribution in [0.2, 0.25) is 0 Å². The number of halogens is 3. The number of rotatable bonds is 9. The molecule has 11 heteroatoms. The standard InChI is InChI=1S/C24H21AsF3N2O5/c26-24(27,28)35-17-10-8-16(9-11-17)33-14-21(31)25-12-22-29-20(13-34-22)23(32)30-19-7-3-5-15-4-1-2-6-18(15)19/h1-2,4,6,8-11,13,19H,3,5,7,12,14H2,(H,30,32). The first kappa shape index (κ1) is 24.9. The van der Waals surface area contributed by atoms with Gasteiger partial charge in [0.1, 0.15) is 0 Å². The second-order valence-corrected chi connectivity index (χ2v) is 10.1. The predicted molar refractivity (Wildman–Crippen MR) is 119 cm³/mol. The molecule has 35 heavy (non-hydrogen) atoms. The normalized spacial score (nSPS) is 15.6. The summed E-state index contributed by atoms with van der Waals surface area (Å²) in [5.41, 5.74) is 2.52. The van der Waals surface area contributed by atoms with Crippen molar-refractivity contribution in [2.45, 2.75) is 36.9 Å². The fourth-order valence-electron chi connectivity index (χ4n) is 3.71. The van der Waals surface area contributed by atoms with Crippen LogP contribution in [0.1, 0.15) is 46.4 Å². The van der Waals surface area contributed by atoms with Gasteiger partial charge in [0.2, 0.25) is 0 Å². The van der Waals surface area contributed by atoms with Crippen LogP contribution in [-0.2, 0) is 16.4 Å². The van der Waals surface area contributed by atoms with Crippen molar-refractivity contribution >= 4 is 26.2 Å². The van der Waals surface area contributed by atoms with Crippen molar-refractivity contribution in [2.24, 2.45) is 0 Å². The van der Waals surface area contributed by atoms with Gasteiger partial charge >= 0.3 is 206 Å². The molecule has 1 amide bonds. The number of aryl methyl sites for hydroxylation is 1. The summed E-state index contributed by atoms with van der Waals surface area (Å²) in [7, 11) is 0. The number of hydrogen-bond acceptors (Lipinski definition) is 6. The fourth-order valence-corrected chi connectivity index (χ4v) is 4.99. The molecule has 0 fully saturated rings. The topological polar surface area (TPSA) is 90.7 Å². The first-order valence-corrected chi connectivity index (χ1v) is 13.1. The quantitative estimate of drug-likeness (QED) is 0.403. The van der Waals surface area contributed by atoms with Gasteiger partial charge in [-0.1, -0.05) is 0 Å². The van der Waals surface area contributed by atoms with Crippen LogP contribution < -0.4 is 14.8 Å². The Hall–Kier alpha value is -3.26. The number of ether oxygens (including phenoxy) is 2. The molecule has 0 bridgehead atoms. The van der Waals surface area contributed by atoms with E-state index >= 15 is 0 Å².